The number of pyridine rings is 1. The minimum atomic E-state index is -3.80. The van der Waals surface area contributed by atoms with Crippen LogP contribution in [0.2, 0.25) is 0 Å². The lowest BCUT2D eigenvalue weighted by atomic mass is 10.0. The van der Waals surface area contributed by atoms with E-state index < -0.39 is 10.0 Å². The van der Waals surface area contributed by atoms with E-state index in [1.54, 1.807) is 48.9 Å². The molecule has 5 aromatic rings. The fraction of sp³-hybridized carbons (Fsp3) is 0.308. The number of fused-ring (bicyclic) bond motifs is 3. The molecule has 0 unspecified atom stereocenters. The van der Waals surface area contributed by atoms with Gasteiger partial charge in [-0.3, -0.25) is 4.68 Å². The zero-order chi connectivity index (χ0) is 25.4. The Morgan fingerprint density at radius 3 is 2.59 bits per heavy atom. The largest absolute Gasteiger partial charge is 0.323 e. The van der Waals surface area contributed by atoms with Crippen LogP contribution in [0, 0.1) is 11.3 Å². The summed E-state index contributed by atoms with van der Waals surface area (Å²) in [6.07, 6.45) is 9.25. The number of imidazole rings is 1. The molecule has 0 saturated carbocycles. The van der Waals surface area contributed by atoms with Crippen molar-refractivity contribution < 1.29 is 8.42 Å². The molecule has 1 aliphatic heterocycles. The van der Waals surface area contributed by atoms with Crippen molar-refractivity contribution in [3.8, 4) is 6.07 Å². The Bertz CT molecular complexity index is 1690. The predicted octanol–water partition coefficient (Wildman–Crippen LogP) is 3.42. The summed E-state index contributed by atoms with van der Waals surface area (Å²) in [4.78, 5) is 12.0. The fourth-order valence-corrected chi connectivity index (χ4v) is 6.57. The van der Waals surface area contributed by atoms with E-state index in [1.165, 1.54) is 3.97 Å². The van der Waals surface area contributed by atoms with Crippen molar-refractivity contribution in [3.05, 3.63) is 73.1 Å². The van der Waals surface area contributed by atoms with E-state index in [2.05, 4.69) is 25.6 Å². The van der Waals surface area contributed by atoms with Gasteiger partial charge in [-0.2, -0.15) is 10.4 Å². The molecule has 37 heavy (non-hydrogen) atoms. The Hall–Kier alpha value is -4.01. The van der Waals surface area contributed by atoms with Gasteiger partial charge in [-0.05, 0) is 37.1 Å². The Labute approximate surface area is 214 Å². The smallest absolute Gasteiger partial charge is 0.269 e. The van der Waals surface area contributed by atoms with Crippen LogP contribution in [0.3, 0.4) is 0 Å². The van der Waals surface area contributed by atoms with Gasteiger partial charge in [0.2, 0.25) is 0 Å². The molecule has 0 spiro atoms. The molecular weight excluding hydrogens is 488 g/mol. The van der Waals surface area contributed by atoms with E-state index in [1.807, 2.05) is 23.0 Å². The van der Waals surface area contributed by atoms with E-state index >= 15 is 0 Å². The van der Waals surface area contributed by atoms with Gasteiger partial charge >= 0.3 is 0 Å². The third kappa shape index (κ3) is 4.18. The van der Waals surface area contributed by atoms with Crippen molar-refractivity contribution in [2.75, 3.05) is 19.6 Å². The predicted molar refractivity (Wildman–Crippen MR) is 138 cm³/mol. The first-order valence-electron chi connectivity index (χ1n) is 12.3. The van der Waals surface area contributed by atoms with Crippen molar-refractivity contribution in [2.24, 2.45) is 0 Å². The number of nitriles is 1. The number of likely N-dealkylation sites (tertiary alicyclic amines) is 1. The maximum atomic E-state index is 13.4. The van der Waals surface area contributed by atoms with Crippen LogP contribution in [-0.4, -0.2) is 61.2 Å². The van der Waals surface area contributed by atoms with Crippen LogP contribution in [0.15, 0.2) is 72.1 Å². The summed E-state index contributed by atoms with van der Waals surface area (Å²) in [5, 5.41) is 14.1. The van der Waals surface area contributed by atoms with Gasteiger partial charge in [0, 0.05) is 56.1 Å². The molecule has 188 valence electrons. The normalized spacial score (nSPS) is 15.4. The maximum absolute atomic E-state index is 13.4. The number of nitrogens with zero attached hydrogens (tertiary/aromatic N) is 8. The van der Waals surface area contributed by atoms with Gasteiger partial charge in [-0.25, -0.2) is 22.4 Å². The third-order valence-corrected chi connectivity index (χ3v) is 8.71. The topological polar surface area (TPSA) is 115 Å². The molecule has 4 aromatic heterocycles. The zero-order valence-electron chi connectivity index (χ0n) is 20.2. The summed E-state index contributed by atoms with van der Waals surface area (Å²) in [7, 11) is -3.80. The molecule has 10 nitrogen and oxygen atoms in total. The average Bonchev–Trinajstić information content (AvgIpc) is 3.67. The third-order valence-electron chi connectivity index (χ3n) is 7.03. The highest BCUT2D eigenvalue weighted by Gasteiger charge is 2.28. The lowest BCUT2D eigenvalue weighted by molar-refractivity contribution is 0.190. The quantitative estimate of drug-likeness (QED) is 0.327. The first-order chi connectivity index (χ1) is 18.1. The summed E-state index contributed by atoms with van der Waals surface area (Å²) in [5.74, 6) is 0.863. The molecule has 1 aliphatic rings. The Kier molecular flexibility index (Phi) is 5.98. The van der Waals surface area contributed by atoms with Gasteiger partial charge in [0.15, 0.2) is 5.65 Å². The van der Waals surface area contributed by atoms with Crippen molar-refractivity contribution in [3.63, 3.8) is 0 Å². The van der Waals surface area contributed by atoms with Crippen LogP contribution in [-0.2, 0) is 16.6 Å². The minimum Gasteiger partial charge on any atom is -0.323 e. The van der Waals surface area contributed by atoms with Crippen molar-refractivity contribution >= 4 is 32.1 Å². The van der Waals surface area contributed by atoms with Crippen LogP contribution in [0.5, 0.6) is 0 Å². The standard InChI is InChI=1S/C26H26N8O2S/c27-11-4-13-31-15-8-20(9-16-31)34-24(19-32-14-5-12-29-32)30-23-18-28-26-22(25(23)34)10-17-33(26)37(35,36)21-6-2-1-3-7-21/h1-3,5-7,10,12,14,17-18,20H,4,8-9,13,15-16,19H2. The summed E-state index contributed by atoms with van der Waals surface area (Å²) in [6, 6.07) is 14.5. The second-order valence-corrected chi connectivity index (χ2v) is 11.1. The van der Waals surface area contributed by atoms with Crippen LogP contribution in [0.4, 0.5) is 0 Å². The summed E-state index contributed by atoms with van der Waals surface area (Å²) < 4.78 is 32.2. The Morgan fingerprint density at radius 2 is 1.86 bits per heavy atom. The SMILES string of the molecule is N#CCCN1CCC(n2c(Cn3cccn3)nc3cnc4c(ccn4S(=O)(=O)c4ccccc4)c32)CC1. The van der Waals surface area contributed by atoms with Gasteiger partial charge < -0.3 is 9.47 Å². The second-order valence-electron chi connectivity index (χ2n) is 9.24. The fourth-order valence-electron chi connectivity index (χ4n) is 5.25. The number of aromatic nitrogens is 6. The monoisotopic (exact) mass is 514 g/mol. The van der Waals surface area contributed by atoms with Gasteiger partial charge in [-0.1, -0.05) is 18.2 Å². The van der Waals surface area contributed by atoms with Gasteiger partial charge in [0.05, 0.1) is 29.2 Å². The number of hydrogen-bond donors (Lipinski definition) is 0. The minimum absolute atomic E-state index is 0.188. The van der Waals surface area contributed by atoms with Gasteiger partial charge in [-0.15, -0.1) is 0 Å². The van der Waals surface area contributed by atoms with Crippen molar-refractivity contribution in [2.45, 2.75) is 36.7 Å². The van der Waals surface area contributed by atoms with Gasteiger partial charge in [0.1, 0.15) is 11.3 Å². The van der Waals surface area contributed by atoms with Crippen LogP contribution < -0.4 is 0 Å². The lowest BCUT2D eigenvalue weighted by Crippen LogP contribution is -2.35. The van der Waals surface area contributed by atoms with Crippen LogP contribution in [0.1, 0.15) is 31.1 Å². The molecule has 0 N–H and O–H groups in total. The highest BCUT2D eigenvalue weighted by molar-refractivity contribution is 7.90. The Morgan fingerprint density at radius 1 is 1.05 bits per heavy atom. The van der Waals surface area contributed by atoms with Crippen LogP contribution in [0.25, 0.3) is 22.1 Å². The number of hydrogen-bond acceptors (Lipinski definition) is 7. The average molecular weight is 515 g/mol. The Balaban J connectivity index is 1.47. The van der Waals surface area contributed by atoms with E-state index in [0.717, 1.165) is 54.7 Å². The molecule has 1 fully saturated rings. The summed E-state index contributed by atoms with van der Waals surface area (Å²) in [6.45, 7) is 3.07. The van der Waals surface area contributed by atoms with E-state index in [0.29, 0.717) is 18.6 Å². The van der Waals surface area contributed by atoms with Crippen LogP contribution >= 0.6 is 0 Å². The first-order valence-corrected chi connectivity index (χ1v) is 13.7. The number of piperidine rings is 1. The molecule has 1 aromatic carbocycles. The van der Waals surface area contributed by atoms with Crippen molar-refractivity contribution in [1.29, 1.82) is 5.26 Å². The molecule has 0 aliphatic carbocycles. The van der Waals surface area contributed by atoms with E-state index in [-0.39, 0.29) is 10.9 Å². The number of rotatable bonds is 7. The lowest BCUT2D eigenvalue weighted by Gasteiger charge is -2.33. The summed E-state index contributed by atoms with van der Waals surface area (Å²) in [5.41, 5.74) is 2.01. The molecule has 5 heterocycles. The highest BCUT2D eigenvalue weighted by atomic mass is 32.2. The highest BCUT2D eigenvalue weighted by Crippen LogP contribution is 2.34. The molecule has 1 saturated heterocycles. The molecule has 6 rings (SSSR count). The maximum Gasteiger partial charge on any atom is 0.269 e. The molecule has 0 radical (unpaired) electrons. The zero-order valence-corrected chi connectivity index (χ0v) is 21.0. The molecule has 0 amide bonds. The molecule has 11 heteroatoms. The first kappa shape index (κ1) is 23.4. The van der Waals surface area contributed by atoms with Crippen molar-refractivity contribution in [1.82, 2.24) is 33.2 Å². The molecular formula is C26H26N8O2S. The van der Waals surface area contributed by atoms with E-state index in [4.69, 9.17) is 10.2 Å². The summed E-state index contributed by atoms with van der Waals surface area (Å²) >= 11 is 0. The van der Waals surface area contributed by atoms with Gasteiger partial charge in [0.25, 0.3) is 10.0 Å². The second kappa shape index (κ2) is 9.46. The molecule has 0 bridgehead atoms. The molecule has 0 atom stereocenters. The van der Waals surface area contributed by atoms with E-state index in [9.17, 15) is 8.42 Å². The number of benzene rings is 1.